The van der Waals surface area contributed by atoms with E-state index in [0.717, 1.165) is 51.4 Å². The molecule has 0 radical (unpaired) electrons. The van der Waals surface area contributed by atoms with Gasteiger partial charge in [-0.2, -0.15) is 0 Å². The van der Waals surface area contributed by atoms with E-state index in [2.05, 4.69) is 36.6 Å². The van der Waals surface area contributed by atoms with Gasteiger partial charge in [0.2, 0.25) is 0 Å². The van der Waals surface area contributed by atoms with Gasteiger partial charge in [0.05, 0.1) is 19.8 Å². The Morgan fingerprint density at radius 2 is 1.09 bits per heavy atom. The van der Waals surface area contributed by atoms with E-state index >= 15 is 0 Å². The van der Waals surface area contributed by atoms with Crippen LogP contribution in [0.5, 0.6) is 0 Å². The molecular weight excluding hydrogens is 695 g/mol. The van der Waals surface area contributed by atoms with Crippen molar-refractivity contribution in [3.63, 3.8) is 0 Å². The number of ether oxygens (including phenoxy) is 2. The lowest BCUT2D eigenvalue weighted by Crippen LogP contribution is -2.29. The fraction of sp³-hybridized carbons (Fsp3) is 0.714. The van der Waals surface area contributed by atoms with E-state index in [1.54, 1.807) is 0 Å². The fourth-order valence-electron chi connectivity index (χ4n) is 5.14. The van der Waals surface area contributed by atoms with Crippen LogP contribution in [-0.2, 0) is 32.7 Å². The number of allylic oxidation sites excluding steroid dienone is 10. The minimum Gasteiger partial charge on any atom is -0.462 e. The van der Waals surface area contributed by atoms with Crippen LogP contribution in [0.4, 0.5) is 0 Å². The monoisotopic (exact) mass is 768 g/mol. The highest BCUT2D eigenvalue weighted by Gasteiger charge is 2.27. The second kappa shape index (κ2) is 38.0. The normalized spacial score (nSPS) is 14.6. The lowest BCUT2D eigenvalue weighted by Gasteiger charge is -2.20. The Bertz CT molecular complexity index is 1070. The van der Waals surface area contributed by atoms with E-state index in [9.17, 15) is 24.2 Å². The number of phosphoric acid groups is 1. The molecular formula is C42H73O10P. The molecule has 3 N–H and O–H groups in total. The lowest BCUT2D eigenvalue weighted by atomic mass is 10.1. The van der Waals surface area contributed by atoms with Gasteiger partial charge in [0.25, 0.3) is 0 Å². The van der Waals surface area contributed by atoms with Crippen LogP contribution in [-0.4, -0.2) is 65.7 Å². The molecule has 0 fully saturated rings. The maximum Gasteiger partial charge on any atom is 0.472 e. The smallest absolute Gasteiger partial charge is 0.462 e. The minimum absolute atomic E-state index is 0.149. The molecule has 0 aliphatic heterocycles. The summed E-state index contributed by atoms with van der Waals surface area (Å²) in [6, 6.07) is 0. The van der Waals surface area contributed by atoms with Crippen molar-refractivity contribution in [3.8, 4) is 0 Å². The summed E-state index contributed by atoms with van der Waals surface area (Å²) in [7, 11) is -4.63. The molecule has 0 rings (SSSR count). The van der Waals surface area contributed by atoms with Gasteiger partial charge in [0.1, 0.15) is 12.7 Å². The van der Waals surface area contributed by atoms with E-state index in [4.69, 9.17) is 19.1 Å². The van der Waals surface area contributed by atoms with Crippen LogP contribution in [0, 0.1) is 0 Å². The molecule has 0 amide bonds. The molecule has 0 aromatic heterocycles. The van der Waals surface area contributed by atoms with Crippen LogP contribution in [0.2, 0.25) is 0 Å². The number of aliphatic hydroxyl groups excluding tert-OH is 2. The Labute approximate surface area is 321 Å². The maximum absolute atomic E-state index is 12.6. The quantitative estimate of drug-likeness (QED) is 0.0183. The average Bonchev–Trinajstić information content (AvgIpc) is 3.14. The third kappa shape index (κ3) is 37.8. The number of carbonyl (C=O) groups is 2. The summed E-state index contributed by atoms with van der Waals surface area (Å²) in [4.78, 5) is 34.9. The van der Waals surface area contributed by atoms with Crippen LogP contribution in [0.25, 0.3) is 0 Å². The number of aliphatic hydroxyl groups is 2. The highest BCUT2D eigenvalue weighted by Crippen LogP contribution is 2.43. The Kier molecular flexibility index (Phi) is 36.3. The molecule has 3 atom stereocenters. The van der Waals surface area contributed by atoms with Crippen molar-refractivity contribution in [2.45, 2.75) is 167 Å². The Balaban J connectivity index is 4.43. The predicted molar refractivity (Wildman–Crippen MR) is 214 cm³/mol. The second-order valence-corrected chi connectivity index (χ2v) is 14.8. The Morgan fingerprint density at radius 3 is 1.70 bits per heavy atom. The molecule has 0 spiro atoms. The number of unbranched alkanes of at least 4 members (excludes halogenated alkanes) is 16. The highest BCUT2D eigenvalue weighted by atomic mass is 31.2. The minimum atomic E-state index is -4.63. The third-order valence-electron chi connectivity index (χ3n) is 8.26. The van der Waals surface area contributed by atoms with Gasteiger partial charge < -0.3 is 24.6 Å². The number of esters is 2. The molecule has 1 unspecified atom stereocenters. The van der Waals surface area contributed by atoms with Crippen LogP contribution in [0.3, 0.4) is 0 Å². The summed E-state index contributed by atoms with van der Waals surface area (Å²) in [6.45, 7) is 2.15. The first-order valence-electron chi connectivity index (χ1n) is 20.3. The average molecular weight is 769 g/mol. The second-order valence-electron chi connectivity index (χ2n) is 13.4. The van der Waals surface area contributed by atoms with Crippen molar-refractivity contribution < 1.29 is 47.8 Å². The van der Waals surface area contributed by atoms with Gasteiger partial charge in [0, 0.05) is 12.8 Å². The first kappa shape index (κ1) is 50.7. The Morgan fingerprint density at radius 1 is 0.585 bits per heavy atom. The van der Waals surface area contributed by atoms with Crippen LogP contribution in [0.15, 0.2) is 60.8 Å². The van der Waals surface area contributed by atoms with Gasteiger partial charge in [-0.15, -0.1) is 0 Å². The molecule has 0 aromatic carbocycles. The summed E-state index contributed by atoms with van der Waals surface area (Å²) in [5.41, 5.74) is 0. The largest absolute Gasteiger partial charge is 0.472 e. The van der Waals surface area contributed by atoms with E-state index in [1.807, 2.05) is 42.5 Å². The zero-order valence-electron chi connectivity index (χ0n) is 33.0. The fourth-order valence-corrected chi connectivity index (χ4v) is 5.93. The summed E-state index contributed by atoms with van der Waals surface area (Å²) < 4.78 is 32.6. The first-order chi connectivity index (χ1) is 25.7. The number of hydrogen-bond acceptors (Lipinski definition) is 9. The summed E-state index contributed by atoms with van der Waals surface area (Å²) in [5.74, 6) is -1.01. The molecule has 53 heavy (non-hydrogen) atoms. The van der Waals surface area contributed by atoms with Crippen molar-refractivity contribution in [1.82, 2.24) is 0 Å². The van der Waals surface area contributed by atoms with Crippen LogP contribution < -0.4 is 0 Å². The van der Waals surface area contributed by atoms with Gasteiger partial charge in [-0.25, -0.2) is 4.57 Å². The van der Waals surface area contributed by atoms with Crippen molar-refractivity contribution in [2.75, 3.05) is 26.4 Å². The number of carbonyl (C=O) groups excluding carboxylic acids is 2. The molecule has 11 heteroatoms. The zero-order chi connectivity index (χ0) is 39.1. The number of hydrogen-bond donors (Lipinski definition) is 3. The molecule has 306 valence electrons. The SMILES string of the molecule is CC/C=C/C=C/C=C/C=C/CCCCCCCC(=O)O[C@H](COC(=O)CC/C=C/CCCCCCCCCCCCC)COP(=O)(O)OC[C@@H](O)CO. The third-order valence-corrected chi connectivity index (χ3v) is 9.21. The van der Waals surface area contributed by atoms with Gasteiger partial charge in [-0.3, -0.25) is 18.6 Å². The van der Waals surface area contributed by atoms with Gasteiger partial charge in [0.15, 0.2) is 6.10 Å². The molecule has 0 saturated carbocycles. The maximum atomic E-state index is 12.6. The molecule has 0 saturated heterocycles. The predicted octanol–water partition coefficient (Wildman–Crippen LogP) is 10.3. The molecule has 0 aromatic rings. The zero-order valence-corrected chi connectivity index (χ0v) is 33.9. The number of phosphoric ester groups is 1. The van der Waals surface area contributed by atoms with Crippen LogP contribution >= 0.6 is 7.82 Å². The van der Waals surface area contributed by atoms with E-state index in [-0.39, 0.29) is 19.4 Å². The molecule has 0 bridgehead atoms. The molecule has 0 aliphatic carbocycles. The van der Waals surface area contributed by atoms with Crippen molar-refractivity contribution >= 4 is 19.8 Å². The standard InChI is InChI=1S/C42H73O10P/c1-3-5-7-9-11-13-15-17-19-21-23-25-27-29-31-33-41(45)49-37-40(38-51-53(47,48)50-36-39(44)35-43)52-42(46)34-32-30-28-26-24-22-20-18-16-14-12-10-8-6-4-2/h6,8,10,12,14,16,18,20,27,29,39-40,43-44H,3-5,7,9,11,13,15,17,19,21-26,28,30-38H2,1-2H3,(H,47,48)/b8-6+,12-10+,16-14+,20-18+,29-27+/t39-,40+/m0/s1. The Hall–Kier alpha value is -2.33. The van der Waals surface area contributed by atoms with E-state index in [1.165, 1.54) is 64.2 Å². The molecule has 10 nitrogen and oxygen atoms in total. The summed E-state index contributed by atoms with van der Waals surface area (Å²) in [5, 5.41) is 18.3. The molecule has 0 heterocycles. The van der Waals surface area contributed by atoms with Gasteiger partial charge in [-0.1, -0.05) is 158 Å². The molecule has 0 aliphatic rings. The summed E-state index contributed by atoms with van der Waals surface area (Å²) in [6.07, 6.45) is 40.6. The van der Waals surface area contributed by atoms with Crippen molar-refractivity contribution in [2.24, 2.45) is 0 Å². The lowest BCUT2D eigenvalue weighted by molar-refractivity contribution is -0.161. The van der Waals surface area contributed by atoms with Crippen LogP contribution in [0.1, 0.15) is 155 Å². The highest BCUT2D eigenvalue weighted by molar-refractivity contribution is 7.47. The van der Waals surface area contributed by atoms with Crippen molar-refractivity contribution in [1.29, 1.82) is 0 Å². The van der Waals surface area contributed by atoms with Gasteiger partial charge >= 0.3 is 19.8 Å². The first-order valence-corrected chi connectivity index (χ1v) is 21.8. The number of rotatable bonds is 37. The summed E-state index contributed by atoms with van der Waals surface area (Å²) >= 11 is 0. The topological polar surface area (TPSA) is 149 Å². The van der Waals surface area contributed by atoms with E-state index < -0.39 is 51.8 Å². The van der Waals surface area contributed by atoms with E-state index in [0.29, 0.717) is 12.8 Å². The van der Waals surface area contributed by atoms with Gasteiger partial charge in [-0.05, 0) is 44.9 Å². The van der Waals surface area contributed by atoms with Crippen molar-refractivity contribution in [3.05, 3.63) is 60.8 Å².